The fourth-order valence-corrected chi connectivity index (χ4v) is 14.7. The monoisotopic (exact) mass is 1940 g/mol. The van der Waals surface area contributed by atoms with E-state index < -0.39 is 46.8 Å². The molecule has 28 nitrogen and oxygen atoms in total. The number of amides is 1. The fourth-order valence-electron chi connectivity index (χ4n) is 13.5. The van der Waals surface area contributed by atoms with Crippen LogP contribution in [0.15, 0.2) is 243 Å². The maximum Gasteiger partial charge on any atom is 0.420 e. The van der Waals surface area contributed by atoms with Gasteiger partial charge in [-0.2, -0.15) is 0 Å². The third-order valence-electron chi connectivity index (χ3n) is 19.1. The molecule has 1 amide bonds. The smallest absolute Gasteiger partial charge is 0.420 e. The molecule has 0 aliphatic carbocycles. The number of nitrogens with one attached hydrogen (secondary N) is 3. The number of hydrogen-bond donors (Lipinski definition) is 3. The second-order valence-corrected chi connectivity index (χ2v) is 36.4. The highest BCUT2D eigenvalue weighted by Gasteiger charge is 2.31. The third-order valence-corrected chi connectivity index (χ3v) is 20.9. The number of benzene rings is 7. The Hall–Kier alpha value is -14.0. The van der Waals surface area contributed by atoms with Gasteiger partial charge in [0.15, 0.2) is 51.7 Å². The SMILES string of the molecule is CC(=O)NCCNc1nc(-c2ccccc2)nc2c1cc(COc1ccccc1)n2C(=O)OC(C)(C)C.CC(C)(C)OC(=O)n1c(CBr)cc2c(Cl)nc(-c3ccccc3)nc21.CC(C)(C)OC(=O)n1c(COc2ccccc2)cc2c(Cl)nc(-c3ccccc3)nc21.Cc1cc2c(Cl)nc(-c3ccccc3)nc2[nH]1.Cc1cc2c(Cl)nc(-c3ccccc3)nc2n1C(=O)OC(C)(C)C. The summed E-state index contributed by atoms with van der Waals surface area (Å²) in [6.07, 6.45) is -2.09. The number of fused-ring (bicyclic) bond motifs is 5. The van der Waals surface area contributed by atoms with Crippen molar-refractivity contribution in [2.75, 3.05) is 18.4 Å². The topological polar surface area (TPSA) is 329 Å². The van der Waals surface area contributed by atoms with Crippen molar-refractivity contribution < 1.29 is 52.4 Å². The van der Waals surface area contributed by atoms with Gasteiger partial charge in [-0.3, -0.25) is 4.79 Å². The van der Waals surface area contributed by atoms with E-state index >= 15 is 0 Å². The summed E-state index contributed by atoms with van der Waals surface area (Å²) in [5, 5.41) is 11.2. The standard InChI is InChI=1S/C28H31N5O4.C24H22ClN3O3.C18H17BrClN3O2.C18H18ClN3O2.C13H10ClN3/c1-19(34)29-15-16-30-25-23-17-21(18-36-22-13-9-6-10-14-22)33(27(35)37-28(2,3)4)26(23)32-24(31-25)20-11-7-5-8-12-20;1-24(2,3)31-23(29)28-17(15-30-18-12-8-5-9-13-18)14-19-20(25)26-21(27-22(19)28)16-10-6-4-7-11-16;1-18(2,3)25-17(24)23-12(10-19)9-13-14(20)21-15(22-16(13)23)11-7-5-4-6-8-11;1-11-10-13-14(19)20-15(12-8-6-5-7-9-12)21-16(13)22(11)17(23)24-18(2,3)4;1-8-7-10-11(14)16-12(17-13(10)15-8)9-5-3-2-4-6-9/h5-14,17H,15-16,18H2,1-4H3,(H,29,34)(H,30,31,32);4-14H,15H2,1-3H3;4-9H,10H2,1-3H3;5-10H,1-4H3;2-7H,1H3,(H,15,16,17). The first-order valence-electron chi connectivity index (χ1n) is 42.6. The second kappa shape index (κ2) is 42.7. The number of aromatic amines is 1. The molecule has 17 rings (SSSR count). The molecule has 0 spiro atoms. The van der Waals surface area contributed by atoms with Crippen LogP contribution in [0.1, 0.15) is 118 Å². The quantitative estimate of drug-likeness (QED) is 0.0350. The van der Waals surface area contributed by atoms with Gasteiger partial charge in [0.1, 0.15) is 79.2 Å². The van der Waals surface area contributed by atoms with Crippen LogP contribution in [0.5, 0.6) is 11.5 Å². The summed E-state index contributed by atoms with van der Waals surface area (Å²) in [5.74, 6) is 4.24. The molecule has 0 aliphatic heterocycles. The van der Waals surface area contributed by atoms with E-state index in [9.17, 15) is 24.0 Å². The Morgan fingerprint density at radius 2 is 0.642 bits per heavy atom. The number of aromatic nitrogens is 15. The van der Waals surface area contributed by atoms with Crippen molar-refractivity contribution in [3.8, 4) is 68.4 Å². The van der Waals surface area contributed by atoms with Crippen LogP contribution in [0.4, 0.5) is 25.0 Å². The zero-order chi connectivity index (χ0) is 95.9. The van der Waals surface area contributed by atoms with Crippen molar-refractivity contribution in [2.24, 2.45) is 0 Å². The van der Waals surface area contributed by atoms with Gasteiger partial charge in [0.05, 0.1) is 38.3 Å². The van der Waals surface area contributed by atoms with Crippen LogP contribution in [0.2, 0.25) is 20.6 Å². The number of aryl methyl sites for hydroxylation is 2. The molecule has 0 radical (unpaired) electrons. The van der Waals surface area contributed by atoms with E-state index in [1.807, 2.05) is 321 Å². The average Bonchev–Trinajstić information content (AvgIpc) is 1.63. The van der Waals surface area contributed by atoms with Crippen LogP contribution in [-0.2, 0) is 42.3 Å². The van der Waals surface area contributed by atoms with Crippen molar-refractivity contribution in [1.82, 2.24) is 78.4 Å². The molecule has 0 atom stereocenters. The normalized spacial score (nSPS) is 11.4. The summed E-state index contributed by atoms with van der Waals surface area (Å²) in [4.78, 5) is 111. The van der Waals surface area contributed by atoms with Crippen LogP contribution in [-0.4, -0.2) is 139 Å². The third kappa shape index (κ3) is 25.2. The van der Waals surface area contributed by atoms with Gasteiger partial charge in [-0.05, 0) is 152 Å². The van der Waals surface area contributed by atoms with E-state index in [-0.39, 0.29) is 24.3 Å². The van der Waals surface area contributed by atoms with E-state index in [1.54, 1.807) is 18.2 Å². The minimum Gasteiger partial charge on any atom is -0.487 e. The second-order valence-electron chi connectivity index (χ2n) is 34.4. The number of carbonyl (C=O) groups excluding carboxylic acids is 5. The summed E-state index contributed by atoms with van der Waals surface area (Å²) < 4.78 is 39.9. The zero-order valence-electron chi connectivity index (χ0n) is 76.3. The molecular weight excluding hydrogens is 1850 g/mol. The van der Waals surface area contributed by atoms with Crippen molar-refractivity contribution >= 4 is 154 Å². The van der Waals surface area contributed by atoms with Gasteiger partial charge < -0.3 is 44.0 Å². The molecule has 33 heteroatoms. The molecule has 688 valence electrons. The number of anilines is 1. The molecule has 0 saturated heterocycles. The van der Waals surface area contributed by atoms with Crippen molar-refractivity contribution in [3.05, 3.63) is 292 Å². The number of hydrogen-bond acceptors (Lipinski definition) is 22. The molecule has 10 heterocycles. The van der Waals surface area contributed by atoms with E-state index in [4.69, 9.17) is 84.8 Å². The molecule has 0 fully saturated rings. The average molecular weight is 1950 g/mol. The van der Waals surface area contributed by atoms with Crippen LogP contribution >= 0.6 is 62.3 Å². The molecule has 0 bridgehead atoms. The maximum atomic E-state index is 13.4. The Morgan fingerprint density at radius 1 is 0.351 bits per heavy atom. The Morgan fingerprint density at radius 3 is 0.993 bits per heavy atom. The van der Waals surface area contributed by atoms with Gasteiger partial charge in [0.2, 0.25) is 5.91 Å². The summed E-state index contributed by atoms with van der Waals surface area (Å²) in [6, 6.07) is 75.7. The molecule has 3 N–H and O–H groups in total. The van der Waals surface area contributed by atoms with Gasteiger partial charge in [-0.25, -0.2) is 87.3 Å². The lowest BCUT2D eigenvalue weighted by molar-refractivity contribution is -0.118. The summed E-state index contributed by atoms with van der Waals surface area (Å²) in [6.45, 7) is 28.2. The summed E-state index contributed by atoms with van der Waals surface area (Å²) in [5.41, 5.74) is 7.60. The highest BCUT2D eigenvalue weighted by Crippen LogP contribution is 2.36. The Balaban J connectivity index is 0.000000145. The highest BCUT2D eigenvalue weighted by molar-refractivity contribution is 9.08. The predicted octanol–water partition coefficient (Wildman–Crippen LogP) is 25.0. The Kier molecular flexibility index (Phi) is 31.1. The number of nitrogens with zero attached hydrogens (tertiary/aromatic N) is 14. The number of H-pyrrole nitrogens is 1. The Bertz CT molecular complexity index is 7050. The number of para-hydroxylation sites is 2. The van der Waals surface area contributed by atoms with E-state index in [1.165, 1.54) is 25.2 Å². The number of halogens is 5. The molecule has 134 heavy (non-hydrogen) atoms. The molecular formula is C101H98BrCl4N17O11. The van der Waals surface area contributed by atoms with Crippen LogP contribution in [0, 0.1) is 13.8 Å². The van der Waals surface area contributed by atoms with Crippen molar-refractivity contribution in [3.63, 3.8) is 0 Å². The largest absolute Gasteiger partial charge is 0.487 e. The predicted molar refractivity (Wildman–Crippen MR) is 529 cm³/mol. The molecule has 0 unspecified atom stereocenters. The number of ether oxygens (including phenoxy) is 6. The van der Waals surface area contributed by atoms with Crippen LogP contribution in [0.3, 0.4) is 0 Å². The minimum atomic E-state index is -0.708. The molecule has 7 aromatic carbocycles. The first-order valence-corrected chi connectivity index (χ1v) is 45.2. The molecule has 0 aliphatic rings. The number of carbonyl (C=O) groups is 5. The molecule has 17 aromatic rings. The molecule has 10 aromatic heterocycles. The molecule has 0 saturated carbocycles. The number of alkyl halides is 1. The van der Waals surface area contributed by atoms with Gasteiger partial charge in [0.25, 0.3) is 0 Å². The van der Waals surface area contributed by atoms with Gasteiger partial charge in [-0.15, -0.1) is 0 Å². The van der Waals surface area contributed by atoms with Crippen molar-refractivity contribution in [2.45, 2.75) is 145 Å². The van der Waals surface area contributed by atoms with Gasteiger partial charge in [-0.1, -0.05) is 250 Å². The minimum absolute atomic E-state index is 0.115. The lowest BCUT2D eigenvalue weighted by Gasteiger charge is -2.21. The lowest BCUT2D eigenvalue weighted by atomic mass is 10.2. The highest BCUT2D eigenvalue weighted by atomic mass is 79.9. The van der Waals surface area contributed by atoms with Gasteiger partial charge >= 0.3 is 24.4 Å². The number of rotatable bonds is 16. The lowest BCUT2D eigenvalue weighted by Crippen LogP contribution is -2.28. The van der Waals surface area contributed by atoms with Crippen molar-refractivity contribution in [1.29, 1.82) is 0 Å². The van der Waals surface area contributed by atoms with Gasteiger partial charge in [0, 0.05) is 70.2 Å². The maximum absolute atomic E-state index is 13.4. The summed E-state index contributed by atoms with van der Waals surface area (Å²) in [7, 11) is 0. The van der Waals surface area contributed by atoms with E-state index in [2.05, 4.69) is 71.4 Å². The van der Waals surface area contributed by atoms with E-state index in [0.29, 0.717) is 147 Å². The van der Waals surface area contributed by atoms with Crippen LogP contribution < -0.4 is 20.1 Å². The summed E-state index contributed by atoms with van der Waals surface area (Å²) >= 11 is 28.7. The zero-order valence-corrected chi connectivity index (χ0v) is 80.9. The Labute approximate surface area is 802 Å². The van der Waals surface area contributed by atoms with Crippen LogP contribution in [0.25, 0.3) is 112 Å². The first kappa shape index (κ1) is 97.6. The fraction of sp³-hybridized carbons (Fsp3) is 0.238. The van der Waals surface area contributed by atoms with E-state index in [0.717, 1.165) is 44.5 Å². The first-order chi connectivity index (χ1) is 63.8.